The van der Waals surface area contributed by atoms with Gasteiger partial charge in [0.25, 0.3) is 5.72 Å². The largest absolute Gasteiger partial charge is 0.462 e. The fraction of sp³-hybridized carbons (Fsp3) is 0.903. The molecule has 12 heteroatoms. The molecule has 0 saturated heterocycles. The molecule has 0 saturated carbocycles. The lowest BCUT2D eigenvalue weighted by Crippen LogP contribution is -2.63. The zero-order valence-electron chi connectivity index (χ0n) is 48.7. The normalized spacial score (nSPS) is 13.2. The van der Waals surface area contributed by atoms with Gasteiger partial charge in [-0.2, -0.15) is 0 Å². The van der Waals surface area contributed by atoms with Gasteiger partial charge >= 0.3 is 17.9 Å². The minimum atomic E-state index is -2.42. The highest BCUT2D eigenvalue weighted by molar-refractivity contribution is 5.86. The first-order valence-corrected chi connectivity index (χ1v) is 31.8. The van der Waals surface area contributed by atoms with Crippen molar-refractivity contribution >= 4 is 17.9 Å². The molecule has 0 aliphatic heterocycles. The molecule has 0 spiro atoms. The summed E-state index contributed by atoms with van der Waals surface area (Å²) < 4.78 is 17.4. The molecular formula is C62H120N6O6. The van der Waals surface area contributed by atoms with Gasteiger partial charge in [-0.1, -0.05) is 271 Å². The van der Waals surface area contributed by atoms with E-state index in [0.29, 0.717) is 25.1 Å². The minimum absolute atomic E-state index is 0.0727. The number of hydrogen-bond donors (Lipinski definition) is 5. The highest BCUT2D eigenvalue weighted by atomic mass is 16.6. The summed E-state index contributed by atoms with van der Waals surface area (Å²) in [5, 5.41) is 3.19. The van der Waals surface area contributed by atoms with Crippen molar-refractivity contribution in [2.45, 2.75) is 334 Å². The van der Waals surface area contributed by atoms with E-state index in [-0.39, 0.29) is 32.5 Å². The number of aromatic amines is 1. The summed E-state index contributed by atoms with van der Waals surface area (Å²) in [5.41, 5.74) is 17.4. The molecule has 0 bridgehead atoms. The third-order valence-electron chi connectivity index (χ3n) is 14.9. The van der Waals surface area contributed by atoms with Crippen molar-refractivity contribution in [3.05, 3.63) is 17.7 Å². The average molecular weight is 1050 g/mol. The van der Waals surface area contributed by atoms with E-state index < -0.39 is 35.8 Å². The van der Waals surface area contributed by atoms with Gasteiger partial charge < -0.3 is 36.0 Å². The number of ether oxygens (including phenoxy) is 3. The highest BCUT2D eigenvalue weighted by Crippen LogP contribution is 2.23. The van der Waals surface area contributed by atoms with Crippen molar-refractivity contribution in [2.75, 3.05) is 26.2 Å². The molecule has 0 aliphatic carbocycles. The second kappa shape index (κ2) is 51.2. The third-order valence-corrected chi connectivity index (χ3v) is 14.9. The number of nitrogens with one attached hydrogen (secondary N) is 2. The van der Waals surface area contributed by atoms with Gasteiger partial charge in [-0.25, -0.2) is 9.78 Å². The molecule has 1 rings (SSSR count). The van der Waals surface area contributed by atoms with Crippen molar-refractivity contribution in [2.24, 2.45) is 17.2 Å². The van der Waals surface area contributed by atoms with Crippen molar-refractivity contribution in [1.82, 2.24) is 15.3 Å². The number of aryl methyl sites for hydroxylation is 1. The van der Waals surface area contributed by atoms with E-state index in [0.717, 1.165) is 57.2 Å². The van der Waals surface area contributed by atoms with Crippen molar-refractivity contribution < 1.29 is 28.6 Å². The molecule has 0 aliphatic rings. The van der Waals surface area contributed by atoms with Gasteiger partial charge in [-0.05, 0) is 45.2 Å². The van der Waals surface area contributed by atoms with Gasteiger partial charge in [0.15, 0.2) is 6.10 Å². The van der Waals surface area contributed by atoms with Crippen LogP contribution in [0.25, 0.3) is 0 Å². The Bertz CT molecular complexity index is 1410. The molecule has 3 atom stereocenters. The van der Waals surface area contributed by atoms with Crippen molar-refractivity contribution in [1.29, 1.82) is 0 Å². The van der Waals surface area contributed by atoms with Gasteiger partial charge in [0.05, 0.1) is 13.2 Å². The topological polar surface area (TPSA) is 198 Å². The van der Waals surface area contributed by atoms with Crippen LogP contribution < -0.4 is 22.5 Å². The standard InChI is InChI=1S/C62H120N6O6/c1-4-7-10-13-16-19-22-25-28-31-34-37-40-43-48-58-67-53-55(68-58)52-56(64)60(70)74-62(65,61(71)72-51-45-42-39-36-33-30-27-24-21-18-15-12-9-6-3)57(47-46-49-63)73-59(69)54-66-50-44-41-38-35-32-29-26-23-20-17-14-11-8-5-2/h53,56-57,66H,4-52,54,63-65H2,1-3H3,(H,67,68)/t56?,57?,62-/m1/s1. The lowest BCUT2D eigenvalue weighted by atomic mass is 10.0. The average Bonchev–Trinajstić information content (AvgIpc) is 3.85. The van der Waals surface area contributed by atoms with Crippen LogP contribution in [0.4, 0.5) is 0 Å². The lowest BCUT2D eigenvalue weighted by molar-refractivity contribution is -0.204. The predicted octanol–water partition coefficient (Wildman–Crippen LogP) is 15.2. The van der Waals surface area contributed by atoms with E-state index in [4.69, 9.17) is 31.4 Å². The summed E-state index contributed by atoms with van der Waals surface area (Å²) in [4.78, 5) is 48.9. The minimum Gasteiger partial charge on any atom is -0.462 e. The number of aromatic nitrogens is 2. The molecule has 0 fully saturated rings. The fourth-order valence-electron chi connectivity index (χ4n) is 10.00. The zero-order valence-corrected chi connectivity index (χ0v) is 48.7. The van der Waals surface area contributed by atoms with Gasteiger partial charge in [0.1, 0.15) is 11.9 Å². The number of imidazole rings is 1. The van der Waals surface area contributed by atoms with Crippen molar-refractivity contribution in [3.8, 4) is 0 Å². The number of hydrogen-bond acceptors (Lipinski definition) is 11. The smallest absolute Gasteiger partial charge is 0.370 e. The molecule has 0 amide bonds. The molecular weight excluding hydrogens is 925 g/mol. The highest BCUT2D eigenvalue weighted by Gasteiger charge is 2.50. The Hall–Kier alpha value is -2.54. The molecule has 1 heterocycles. The summed E-state index contributed by atoms with van der Waals surface area (Å²) in [7, 11) is 0. The Balaban J connectivity index is 2.68. The van der Waals surface area contributed by atoms with Crippen molar-refractivity contribution in [3.63, 3.8) is 0 Å². The summed E-state index contributed by atoms with van der Waals surface area (Å²) >= 11 is 0. The van der Waals surface area contributed by atoms with Crippen LogP contribution in [0.15, 0.2) is 6.20 Å². The molecule has 74 heavy (non-hydrogen) atoms. The predicted molar refractivity (Wildman–Crippen MR) is 310 cm³/mol. The van der Waals surface area contributed by atoms with Gasteiger partial charge in [-0.3, -0.25) is 15.3 Å². The molecule has 434 valence electrons. The molecule has 1 aromatic heterocycles. The monoisotopic (exact) mass is 1040 g/mol. The van der Waals surface area contributed by atoms with E-state index in [2.05, 4.69) is 36.1 Å². The first kappa shape index (κ1) is 69.5. The van der Waals surface area contributed by atoms with E-state index in [1.54, 1.807) is 6.20 Å². The number of carbonyl (C=O) groups is 3. The number of nitrogens with two attached hydrogens (primary N) is 3. The summed E-state index contributed by atoms with van der Waals surface area (Å²) in [6.07, 6.45) is 54.8. The van der Waals surface area contributed by atoms with Crippen LogP contribution in [0.5, 0.6) is 0 Å². The molecule has 2 unspecified atom stereocenters. The summed E-state index contributed by atoms with van der Waals surface area (Å²) in [6.45, 7) is 7.74. The van der Waals surface area contributed by atoms with E-state index in [1.807, 2.05) is 0 Å². The lowest BCUT2D eigenvalue weighted by Gasteiger charge is -2.34. The first-order chi connectivity index (χ1) is 36.2. The number of rotatable bonds is 57. The van der Waals surface area contributed by atoms with E-state index in [9.17, 15) is 14.4 Å². The number of unbranched alkanes of at least 4 members (excludes halogenated alkanes) is 39. The maximum Gasteiger partial charge on any atom is 0.370 e. The van der Waals surface area contributed by atoms with Gasteiger partial charge in [-0.15, -0.1) is 0 Å². The second-order valence-electron chi connectivity index (χ2n) is 22.1. The Labute approximate surface area is 455 Å². The molecule has 8 N–H and O–H groups in total. The number of esters is 3. The summed E-state index contributed by atoms with van der Waals surface area (Å²) in [5.74, 6) is -1.61. The van der Waals surface area contributed by atoms with Crippen LogP contribution >= 0.6 is 0 Å². The maximum atomic E-state index is 14.0. The van der Waals surface area contributed by atoms with Crippen LogP contribution in [0, 0.1) is 0 Å². The Morgan fingerprint density at radius 1 is 0.568 bits per heavy atom. The van der Waals surface area contributed by atoms with Crippen LogP contribution in [0.3, 0.4) is 0 Å². The molecule has 0 radical (unpaired) electrons. The quantitative estimate of drug-likeness (QED) is 0.0180. The Morgan fingerprint density at radius 2 is 0.959 bits per heavy atom. The SMILES string of the molecule is CCCCCCCCCCCCCCCCNCC(=O)OC(CCCN)[C@@](N)(OC(=O)C(N)Cc1cnc(CCCCCCCCCCCCCCCC)[nH]1)C(=O)OCCCCCCCCCCCCCCCC. The molecule has 1 aromatic rings. The van der Waals surface area contributed by atoms with Crippen LogP contribution in [0.2, 0.25) is 0 Å². The van der Waals surface area contributed by atoms with Gasteiger partial charge in [0.2, 0.25) is 0 Å². The first-order valence-electron chi connectivity index (χ1n) is 31.8. The zero-order chi connectivity index (χ0) is 53.8. The van der Waals surface area contributed by atoms with Crippen LogP contribution in [-0.4, -0.2) is 72.0 Å². The number of H-pyrrole nitrogens is 1. The number of nitrogens with zero attached hydrogens (tertiary/aromatic N) is 1. The Morgan fingerprint density at radius 3 is 1.38 bits per heavy atom. The molecule has 12 nitrogen and oxygen atoms in total. The number of carbonyl (C=O) groups excluding carboxylic acids is 3. The Kier molecular flexibility index (Phi) is 48.1. The fourth-order valence-corrected chi connectivity index (χ4v) is 10.00. The van der Waals surface area contributed by atoms with E-state index in [1.165, 1.54) is 218 Å². The molecule has 0 aromatic carbocycles. The second-order valence-corrected chi connectivity index (χ2v) is 22.1. The van der Waals surface area contributed by atoms with E-state index >= 15 is 0 Å². The van der Waals surface area contributed by atoms with Crippen LogP contribution in [0.1, 0.15) is 315 Å². The maximum absolute atomic E-state index is 14.0. The third kappa shape index (κ3) is 39.8. The van der Waals surface area contributed by atoms with Crippen LogP contribution in [-0.2, 0) is 41.4 Å². The summed E-state index contributed by atoms with van der Waals surface area (Å²) in [6, 6.07) is -1.16. The van der Waals surface area contributed by atoms with Gasteiger partial charge in [0, 0.05) is 24.7 Å².